The molecular formula is C22H27N3O2S. The van der Waals surface area contributed by atoms with E-state index in [1.807, 2.05) is 55.5 Å². The number of carbonyl (C=O) groups is 2. The van der Waals surface area contributed by atoms with Crippen molar-refractivity contribution in [1.29, 1.82) is 0 Å². The van der Waals surface area contributed by atoms with Crippen molar-refractivity contribution in [2.45, 2.75) is 31.2 Å². The summed E-state index contributed by atoms with van der Waals surface area (Å²) in [5.41, 5.74) is 2.55. The van der Waals surface area contributed by atoms with Crippen molar-refractivity contribution in [2.24, 2.45) is 5.92 Å². The van der Waals surface area contributed by atoms with Crippen LogP contribution in [0.25, 0.3) is 0 Å². The molecule has 0 aliphatic carbocycles. The van der Waals surface area contributed by atoms with Crippen LogP contribution in [0.15, 0.2) is 53.4 Å². The summed E-state index contributed by atoms with van der Waals surface area (Å²) in [4.78, 5) is 25.9. The lowest BCUT2D eigenvalue weighted by molar-refractivity contribution is -0.113. The molecule has 3 rings (SSSR count). The summed E-state index contributed by atoms with van der Waals surface area (Å²) in [7, 11) is 0. The Morgan fingerprint density at radius 2 is 1.89 bits per heavy atom. The molecule has 2 amide bonds. The van der Waals surface area contributed by atoms with Crippen molar-refractivity contribution in [2.75, 3.05) is 24.2 Å². The minimum atomic E-state index is -0.0887. The van der Waals surface area contributed by atoms with Gasteiger partial charge in [0.25, 0.3) is 5.91 Å². The Labute approximate surface area is 170 Å². The second-order valence-electron chi connectivity index (χ2n) is 7.25. The molecule has 2 aromatic rings. The summed E-state index contributed by atoms with van der Waals surface area (Å²) in [5.74, 6) is 0.529. The summed E-state index contributed by atoms with van der Waals surface area (Å²) >= 11 is 1.38. The Bertz CT molecular complexity index is 823. The van der Waals surface area contributed by atoms with Gasteiger partial charge in [0.2, 0.25) is 5.91 Å². The quantitative estimate of drug-likeness (QED) is 0.653. The van der Waals surface area contributed by atoms with Crippen LogP contribution in [0.5, 0.6) is 0 Å². The molecule has 0 aromatic heterocycles. The number of amides is 2. The first-order chi connectivity index (χ1) is 13.5. The molecule has 6 heteroatoms. The second-order valence-corrected chi connectivity index (χ2v) is 8.27. The van der Waals surface area contributed by atoms with E-state index in [-0.39, 0.29) is 23.6 Å². The highest BCUT2D eigenvalue weighted by molar-refractivity contribution is 8.00. The van der Waals surface area contributed by atoms with Gasteiger partial charge in [-0.1, -0.05) is 36.8 Å². The molecular weight excluding hydrogens is 370 g/mol. The van der Waals surface area contributed by atoms with Crippen molar-refractivity contribution in [1.82, 2.24) is 10.6 Å². The van der Waals surface area contributed by atoms with E-state index in [2.05, 4.69) is 22.9 Å². The maximum absolute atomic E-state index is 12.8. The first-order valence-electron chi connectivity index (χ1n) is 9.63. The third kappa shape index (κ3) is 5.59. The van der Waals surface area contributed by atoms with Crippen LogP contribution in [0.3, 0.4) is 0 Å². The van der Waals surface area contributed by atoms with Crippen molar-refractivity contribution in [3.8, 4) is 0 Å². The predicted octanol–water partition coefficient (Wildman–Crippen LogP) is 3.45. The number of carbonyl (C=O) groups excluding carboxylic acids is 2. The number of thioether (sulfide) groups is 1. The van der Waals surface area contributed by atoms with E-state index in [1.165, 1.54) is 11.8 Å². The highest BCUT2D eigenvalue weighted by Gasteiger charge is 2.24. The van der Waals surface area contributed by atoms with Crippen molar-refractivity contribution in [3.05, 3.63) is 59.7 Å². The topological polar surface area (TPSA) is 70.2 Å². The smallest absolute Gasteiger partial charge is 0.252 e. The minimum absolute atomic E-state index is 0.0809. The van der Waals surface area contributed by atoms with Gasteiger partial charge in [-0.05, 0) is 50.1 Å². The SMILES string of the molecule is Cc1ccc(NC(=O)CSc2ccccc2C(=O)NC2CNCCC2C)cc1. The van der Waals surface area contributed by atoms with Crippen molar-refractivity contribution in [3.63, 3.8) is 0 Å². The summed E-state index contributed by atoms with van der Waals surface area (Å²) in [6.07, 6.45) is 1.06. The van der Waals surface area contributed by atoms with Crippen molar-refractivity contribution < 1.29 is 9.59 Å². The van der Waals surface area contributed by atoms with E-state index < -0.39 is 0 Å². The molecule has 28 heavy (non-hydrogen) atoms. The van der Waals surface area contributed by atoms with Gasteiger partial charge in [-0.3, -0.25) is 9.59 Å². The number of benzene rings is 2. The molecule has 1 aliphatic rings. The van der Waals surface area contributed by atoms with E-state index >= 15 is 0 Å². The number of nitrogens with one attached hydrogen (secondary N) is 3. The average molecular weight is 398 g/mol. The number of anilines is 1. The largest absolute Gasteiger partial charge is 0.348 e. The monoisotopic (exact) mass is 397 g/mol. The van der Waals surface area contributed by atoms with Crippen LogP contribution in [0.4, 0.5) is 5.69 Å². The third-order valence-electron chi connectivity index (χ3n) is 4.97. The van der Waals surface area contributed by atoms with Crippen LogP contribution < -0.4 is 16.0 Å². The first kappa shape index (κ1) is 20.4. The summed E-state index contributed by atoms with van der Waals surface area (Å²) in [6.45, 7) is 5.96. The lowest BCUT2D eigenvalue weighted by Crippen LogP contribution is -2.50. The van der Waals surface area contributed by atoms with E-state index in [0.717, 1.165) is 35.7 Å². The fourth-order valence-corrected chi connectivity index (χ4v) is 4.04. The lowest BCUT2D eigenvalue weighted by atomic mass is 9.94. The number of aryl methyl sites for hydroxylation is 1. The lowest BCUT2D eigenvalue weighted by Gasteiger charge is -2.30. The molecule has 3 N–H and O–H groups in total. The molecule has 0 spiro atoms. The Morgan fingerprint density at radius 3 is 2.64 bits per heavy atom. The summed E-state index contributed by atoms with van der Waals surface area (Å²) in [6, 6.07) is 15.3. The summed E-state index contributed by atoms with van der Waals surface area (Å²) < 4.78 is 0. The van der Waals surface area contributed by atoms with Crippen LogP contribution in [0.1, 0.15) is 29.3 Å². The van der Waals surface area contributed by atoms with Gasteiger partial charge >= 0.3 is 0 Å². The van der Waals surface area contributed by atoms with Gasteiger partial charge in [0.1, 0.15) is 0 Å². The van der Waals surface area contributed by atoms with Gasteiger partial charge in [0.05, 0.1) is 11.3 Å². The fraction of sp³-hybridized carbons (Fsp3) is 0.364. The van der Waals surface area contributed by atoms with Crippen LogP contribution >= 0.6 is 11.8 Å². The average Bonchev–Trinajstić information content (AvgIpc) is 2.70. The van der Waals surface area contributed by atoms with Crippen molar-refractivity contribution >= 4 is 29.3 Å². The standard InChI is InChI=1S/C22H27N3O2S/c1-15-7-9-17(10-8-15)24-21(26)14-28-20-6-4-3-5-18(20)22(27)25-19-13-23-12-11-16(19)2/h3-10,16,19,23H,11-14H2,1-2H3,(H,24,26)(H,25,27). The fourth-order valence-electron chi connectivity index (χ4n) is 3.19. The van der Waals surface area contributed by atoms with Crippen LogP contribution in [-0.4, -0.2) is 36.7 Å². The zero-order valence-electron chi connectivity index (χ0n) is 16.3. The third-order valence-corrected chi connectivity index (χ3v) is 6.04. The van der Waals surface area contributed by atoms with E-state index in [0.29, 0.717) is 11.5 Å². The highest BCUT2D eigenvalue weighted by Crippen LogP contribution is 2.23. The first-order valence-corrected chi connectivity index (χ1v) is 10.6. The second kappa shape index (κ2) is 9.75. The molecule has 1 saturated heterocycles. The van der Waals surface area contributed by atoms with E-state index in [4.69, 9.17) is 0 Å². The zero-order chi connectivity index (χ0) is 19.9. The molecule has 1 heterocycles. The molecule has 2 atom stereocenters. The molecule has 0 bridgehead atoms. The van der Waals surface area contributed by atoms with Gasteiger partial charge < -0.3 is 16.0 Å². The van der Waals surface area contributed by atoms with Crippen LogP contribution in [0, 0.1) is 12.8 Å². The predicted molar refractivity (Wildman–Crippen MR) is 115 cm³/mol. The maximum atomic E-state index is 12.8. The molecule has 1 aliphatic heterocycles. The Balaban J connectivity index is 1.59. The normalized spacial score (nSPS) is 19.1. The molecule has 0 saturated carbocycles. The number of hydrogen-bond acceptors (Lipinski definition) is 4. The van der Waals surface area contributed by atoms with Crippen LogP contribution in [0.2, 0.25) is 0 Å². The van der Waals surface area contributed by atoms with Crippen LogP contribution in [-0.2, 0) is 4.79 Å². The number of rotatable bonds is 6. The Kier molecular flexibility index (Phi) is 7.12. The highest BCUT2D eigenvalue weighted by atomic mass is 32.2. The minimum Gasteiger partial charge on any atom is -0.348 e. The van der Waals surface area contributed by atoms with Gasteiger partial charge in [-0.2, -0.15) is 0 Å². The van der Waals surface area contributed by atoms with E-state index in [9.17, 15) is 9.59 Å². The van der Waals surface area contributed by atoms with E-state index in [1.54, 1.807) is 0 Å². The number of hydrogen-bond donors (Lipinski definition) is 3. The molecule has 0 radical (unpaired) electrons. The molecule has 2 unspecified atom stereocenters. The molecule has 2 aromatic carbocycles. The summed E-state index contributed by atoms with van der Waals surface area (Å²) in [5, 5.41) is 9.36. The van der Waals surface area contributed by atoms with Gasteiger partial charge in [0, 0.05) is 23.2 Å². The van der Waals surface area contributed by atoms with Gasteiger partial charge in [-0.25, -0.2) is 0 Å². The number of piperidine rings is 1. The zero-order valence-corrected chi connectivity index (χ0v) is 17.1. The Hall–Kier alpha value is -2.31. The maximum Gasteiger partial charge on any atom is 0.252 e. The van der Waals surface area contributed by atoms with Gasteiger partial charge in [-0.15, -0.1) is 11.8 Å². The Morgan fingerprint density at radius 1 is 1.14 bits per heavy atom. The van der Waals surface area contributed by atoms with Gasteiger partial charge in [0.15, 0.2) is 0 Å². The molecule has 5 nitrogen and oxygen atoms in total. The molecule has 1 fully saturated rings. The molecule has 148 valence electrons.